The highest BCUT2D eigenvalue weighted by atomic mass is 14.9. The highest BCUT2D eigenvalue weighted by Crippen LogP contribution is 2.25. The maximum absolute atomic E-state index is 5.64. The highest BCUT2D eigenvalue weighted by Gasteiger charge is 2.08. The van der Waals surface area contributed by atoms with Crippen molar-refractivity contribution in [2.45, 2.75) is 6.92 Å². The van der Waals surface area contributed by atoms with E-state index in [4.69, 9.17) is 5.73 Å². The molecule has 3 aromatic rings. The van der Waals surface area contributed by atoms with Crippen molar-refractivity contribution in [2.24, 2.45) is 0 Å². The number of hydrogen-bond donors (Lipinski definition) is 4. The van der Waals surface area contributed by atoms with E-state index >= 15 is 0 Å². The van der Waals surface area contributed by atoms with Gasteiger partial charge in [-0.1, -0.05) is 0 Å². The molecule has 3 rings (SSSR count). The van der Waals surface area contributed by atoms with E-state index in [1.165, 1.54) is 0 Å². The molecule has 0 aliphatic carbocycles. The number of hydrogen-bond acceptors (Lipinski definition) is 1. The van der Waals surface area contributed by atoms with E-state index in [9.17, 15) is 0 Å². The standard InChI is InChI=1S/C9H10N4/c1-4-2-5-8(11-4)9-6(12-5)3-7(10)13-9/h2-3,11-13H,10H2,1H3. The molecule has 0 atom stereocenters. The van der Waals surface area contributed by atoms with E-state index in [1.807, 2.05) is 13.0 Å². The average molecular weight is 174 g/mol. The lowest BCUT2D eigenvalue weighted by molar-refractivity contribution is 1.30. The van der Waals surface area contributed by atoms with Crippen LogP contribution in [0, 0.1) is 6.92 Å². The van der Waals surface area contributed by atoms with E-state index in [1.54, 1.807) is 0 Å². The van der Waals surface area contributed by atoms with Crippen molar-refractivity contribution in [3.05, 3.63) is 17.8 Å². The molecular formula is C9H10N4. The van der Waals surface area contributed by atoms with E-state index in [2.05, 4.69) is 21.0 Å². The molecule has 0 aliphatic rings. The summed E-state index contributed by atoms with van der Waals surface area (Å²) in [5.74, 6) is 0.690. The lowest BCUT2D eigenvalue weighted by Crippen LogP contribution is -1.81. The number of fused-ring (bicyclic) bond motifs is 3. The van der Waals surface area contributed by atoms with E-state index in [-0.39, 0.29) is 0 Å². The van der Waals surface area contributed by atoms with Crippen molar-refractivity contribution in [1.82, 2.24) is 15.0 Å². The monoisotopic (exact) mass is 174 g/mol. The number of H-pyrrole nitrogens is 3. The quantitative estimate of drug-likeness (QED) is 0.412. The summed E-state index contributed by atoms with van der Waals surface area (Å²) in [6, 6.07) is 3.98. The normalized spacial score (nSPS) is 11.8. The Morgan fingerprint density at radius 3 is 2.54 bits per heavy atom. The first-order chi connectivity index (χ1) is 6.24. The smallest absolute Gasteiger partial charge is 0.103 e. The lowest BCUT2D eigenvalue weighted by Gasteiger charge is -1.82. The zero-order valence-electron chi connectivity index (χ0n) is 7.23. The molecule has 5 N–H and O–H groups in total. The van der Waals surface area contributed by atoms with Crippen LogP contribution in [-0.4, -0.2) is 15.0 Å². The van der Waals surface area contributed by atoms with Gasteiger partial charge < -0.3 is 20.7 Å². The second-order valence-electron chi connectivity index (χ2n) is 3.38. The van der Waals surface area contributed by atoms with Gasteiger partial charge in [-0.05, 0) is 13.0 Å². The molecule has 4 nitrogen and oxygen atoms in total. The molecule has 13 heavy (non-hydrogen) atoms. The van der Waals surface area contributed by atoms with Crippen LogP contribution in [0.25, 0.3) is 22.1 Å². The van der Waals surface area contributed by atoms with Gasteiger partial charge in [0.2, 0.25) is 0 Å². The summed E-state index contributed by atoms with van der Waals surface area (Å²) in [4.78, 5) is 9.66. The van der Waals surface area contributed by atoms with Gasteiger partial charge in [-0.2, -0.15) is 0 Å². The molecule has 0 aromatic carbocycles. The molecule has 0 unspecified atom stereocenters. The van der Waals surface area contributed by atoms with Gasteiger partial charge in [0, 0.05) is 11.8 Å². The molecule has 0 saturated heterocycles. The Bertz CT molecular complexity index is 530. The van der Waals surface area contributed by atoms with E-state index in [0.717, 1.165) is 27.8 Å². The molecule has 4 heteroatoms. The van der Waals surface area contributed by atoms with Crippen LogP contribution in [0.5, 0.6) is 0 Å². The fraction of sp³-hybridized carbons (Fsp3) is 0.111. The minimum Gasteiger partial charge on any atom is -0.385 e. The molecule has 3 aromatic heterocycles. The number of aryl methyl sites for hydroxylation is 1. The van der Waals surface area contributed by atoms with Crippen LogP contribution in [0.3, 0.4) is 0 Å². The first-order valence-electron chi connectivity index (χ1n) is 4.19. The summed E-state index contributed by atoms with van der Waals surface area (Å²) in [7, 11) is 0. The predicted molar refractivity (Wildman–Crippen MR) is 53.7 cm³/mol. The van der Waals surface area contributed by atoms with Crippen LogP contribution in [0.1, 0.15) is 5.69 Å². The minimum atomic E-state index is 0.690. The lowest BCUT2D eigenvalue weighted by atomic mass is 10.4. The molecule has 0 aliphatic heterocycles. The SMILES string of the molecule is Cc1cc2[nH]c3cc(N)[nH]c3c2[nH]1. The summed E-state index contributed by atoms with van der Waals surface area (Å²) in [5, 5.41) is 0. The second kappa shape index (κ2) is 1.90. The Morgan fingerprint density at radius 1 is 1.00 bits per heavy atom. The third-order valence-corrected chi connectivity index (χ3v) is 2.31. The fourth-order valence-corrected chi connectivity index (χ4v) is 1.80. The zero-order chi connectivity index (χ0) is 9.00. The maximum Gasteiger partial charge on any atom is 0.103 e. The first kappa shape index (κ1) is 6.65. The number of nitrogens with one attached hydrogen (secondary N) is 3. The van der Waals surface area contributed by atoms with Gasteiger partial charge in [0.1, 0.15) is 5.82 Å². The molecule has 0 amide bonds. The Kier molecular flexibility index (Phi) is 0.974. The number of aromatic nitrogens is 3. The number of aromatic amines is 3. The fourth-order valence-electron chi connectivity index (χ4n) is 1.80. The predicted octanol–water partition coefficient (Wildman–Crippen LogP) is 1.87. The number of rotatable bonds is 0. The molecule has 0 fully saturated rings. The van der Waals surface area contributed by atoms with Gasteiger partial charge in [-0.3, -0.25) is 0 Å². The van der Waals surface area contributed by atoms with Crippen LogP contribution in [-0.2, 0) is 0 Å². The van der Waals surface area contributed by atoms with E-state index in [0.29, 0.717) is 5.82 Å². The number of nitrogen functional groups attached to an aromatic ring is 1. The minimum absolute atomic E-state index is 0.690. The van der Waals surface area contributed by atoms with Crippen molar-refractivity contribution in [3.8, 4) is 0 Å². The molecular weight excluding hydrogens is 164 g/mol. The summed E-state index contributed by atoms with van der Waals surface area (Å²) < 4.78 is 0. The van der Waals surface area contributed by atoms with Crippen LogP contribution < -0.4 is 5.73 Å². The zero-order valence-corrected chi connectivity index (χ0v) is 7.23. The number of anilines is 1. The molecule has 3 heterocycles. The van der Waals surface area contributed by atoms with Crippen LogP contribution in [0.4, 0.5) is 5.82 Å². The van der Waals surface area contributed by atoms with Gasteiger partial charge in [-0.25, -0.2) is 0 Å². The van der Waals surface area contributed by atoms with Gasteiger partial charge in [-0.15, -0.1) is 0 Å². The second-order valence-corrected chi connectivity index (χ2v) is 3.38. The Labute approximate surface area is 74.1 Å². The average Bonchev–Trinajstić information content (AvgIpc) is 2.60. The van der Waals surface area contributed by atoms with Crippen molar-refractivity contribution < 1.29 is 0 Å². The van der Waals surface area contributed by atoms with Crippen LogP contribution in [0.15, 0.2) is 12.1 Å². The molecule has 66 valence electrons. The molecule has 0 radical (unpaired) electrons. The summed E-state index contributed by atoms with van der Waals surface area (Å²) >= 11 is 0. The summed E-state index contributed by atoms with van der Waals surface area (Å²) in [6.07, 6.45) is 0. The summed E-state index contributed by atoms with van der Waals surface area (Å²) in [6.45, 7) is 2.03. The third-order valence-electron chi connectivity index (χ3n) is 2.31. The molecule has 0 saturated carbocycles. The van der Waals surface area contributed by atoms with Crippen molar-refractivity contribution in [1.29, 1.82) is 0 Å². The Hall–Kier alpha value is -1.84. The summed E-state index contributed by atoms with van der Waals surface area (Å²) in [5.41, 5.74) is 11.1. The molecule has 0 spiro atoms. The van der Waals surface area contributed by atoms with Gasteiger partial charge in [0.25, 0.3) is 0 Å². The third kappa shape index (κ3) is 0.744. The topological polar surface area (TPSA) is 73.4 Å². The highest BCUT2D eigenvalue weighted by molar-refractivity contribution is 6.04. The Balaban J connectivity index is 2.56. The number of nitrogens with two attached hydrogens (primary N) is 1. The van der Waals surface area contributed by atoms with Crippen molar-refractivity contribution in [3.63, 3.8) is 0 Å². The van der Waals surface area contributed by atoms with Gasteiger partial charge >= 0.3 is 0 Å². The molecule has 0 bridgehead atoms. The van der Waals surface area contributed by atoms with E-state index < -0.39 is 0 Å². The van der Waals surface area contributed by atoms with Gasteiger partial charge in [0.15, 0.2) is 0 Å². The van der Waals surface area contributed by atoms with Crippen molar-refractivity contribution >= 4 is 27.9 Å². The van der Waals surface area contributed by atoms with Crippen LogP contribution >= 0.6 is 0 Å². The first-order valence-corrected chi connectivity index (χ1v) is 4.19. The maximum atomic E-state index is 5.64. The Morgan fingerprint density at radius 2 is 1.69 bits per heavy atom. The largest absolute Gasteiger partial charge is 0.385 e. The van der Waals surface area contributed by atoms with Crippen molar-refractivity contribution in [2.75, 3.05) is 5.73 Å². The van der Waals surface area contributed by atoms with Crippen LogP contribution in [0.2, 0.25) is 0 Å². The van der Waals surface area contributed by atoms with Gasteiger partial charge in [0.05, 0.1) is 22.1 Å².